The second-order valence-corrected chi connectivity index (χ2v) is 20.8. The first-order valence-electron chi connectivity index (χ1n) is 25.6. The van der Waals surface area contributed by atoms with Crippen LogP contribution in [0, 0.1) is 12.9 Å². The van der Waals surface area contributed by atoms with Gasteiger partial charge in [0.2, 0.25) is 0 Å². The van der Waals surface area contributed by atoms with Crippen molar-refractivity contribution in [2.75, 3.05) is 0 Å². The van der Waals surface area contributed by atoms with Crippen LogP contribution in [-0.4, -0.2) is 19.6 Å². The van der Waals surface area contributed by atoms with E-state index in [0.29, 0.717) is 56.1 Å². The minimum absolute atomic E-state index is 0. The number of imidazole rings is 1. The van der Waals surface area contributed by atoms with E-state index in [4.69, 9.17) is 20.9 Å². The number of benzene rings is 6. The van der Waals surface area contributed by atoms with Gasteiger partial charge in [0.05, 0.1) is 29.1 Å². The van der Waals surface area contributed by atoms with Gasteiger partial charge in [0.15, 0.2) is 0 Å². The zero-order chi connectivity index (χ0) is 52.1. The first-order chi connectivity index (χ1) is 32.9. The minimum Gasteiger partial charge on any atom is -0.507 e. The van der Waals surface area contributed by atoms with Crippen molar-refractivity contribution in [1.29, 1.82) is 0 Å². The van der Waals surface area contributed by atoms with Crippen molar-refractivity contribution in [3.63, 3.8) is 0 Å². The second kappa shape index (κ2) is 17.1. The molecule has 0 amide bonds. The predicted octanol–water partition coefficient (Wildman–Crippen LogP) is 15.8. The molecule has 0 saturated heterocycles. The van der Waals surface area contributed by atoms with Gasteiger partial charge in [-0.15, -0.1) is 29.3 Å². The van der Waals surface area contributed by atoms with Gasteiger partial charge in [-0.25, -0.2) is 4.98 Å². The molecule has 8 aromatic rings. The molecular formula is C59H62N3OPt-. The van der Waals surface area contributed by atoms with Crippen LogP contribution in [0.2, 0.25) is 0 Å². The van der Waals surface area contributed by atoms with Gasteiger partial charge >= 0.3 is 0 Å². The van der Waals surface area contributed by atoms with E-state index in [1.165, 1.54) is 0 Å². The van der Waals surface area contributed by atoms with Crippen LogP contribution in [0.1, 0.15) is 122 Å². The number of rotatable bonds is 6. The summed E-state index contributed by atoms with van der Waals surface area (Å²) in [5, 5.41) is 12.6. The number of aryl methyl sites for hydroxylation is 1. The maximum Gasteiger partial charge on any atom is 0.148 e. The molecule has 5 heteroatoms. The Labute approximate surface area is 407 Å². The number of aromatic hydroxyl groups is 1. The van der Waals surface area contributed by atoms with E-state index in [0.717, 1.165) is 33.4 Å². The smallest absolute Gasteiger partial charge is 0.148 e. The van der Waals surface area contributed by atoms with Gasteiger partial charge in [-0.3, -0.25) is 9.55 Å². The zero-order valence-electron chi connectivity index (χ0n) is 46.9. The van der Waals surface area contributed by atoms with Gasteiger partial charge < -0.3 is 5.11 Å². The van der Waals surface area contributed by atoms with Crippen LogP contribution in [0.4, 0.5) is 0 Å². The van der Waals surface area contributed by atoms with Crippen LogP contribution in [-0.2, 0) is 42.7 Å². The standard InChI is InChI=1S/C59H62N3O.Pt/c1-37-22-27-51(47(30-37)39-23-25-43(26-24-39)56(2,3)4)62-52-21-17-20-46(53(52)61-55(62)48-35-45(58(8,9)10)36-49(54(48)63)59(11,12)13)41-31-42(33-44(32-41)57(5,6)7)50-34-40(28-29-60-50)38-18-15-14-16-19-38;/h14-30,32-36,63H,1-13H3;/q-1;/i1D3,14D,15D,16D,18D,19D;. The summed E-state index contributed by atoms with van der Waals surface area (Å²) in [5.74, 6) is 0.573. The van der Waals surface area contributed by atoms with E-state index < -0.39 is 30.4 Å². The maximum absolute atomic E-state index is 12.6. The monoisotopic (exact) mass is 1030 g/mol. The summed E-state index contributed by atoms with van der Waals surface area (Å²) in [5.41, 5.74) is 9.98. The Balaban J connectivity index is 0.00000760. The van der Waals surface area contributed by atoms with Gasteiger partial charge in [0.1, 0.15) is 11.6 Å². The van der Waals surface area contributed by atoms with Gasteiger partial charge in [-0.1, -0.05) is 185 Å². The number of nitrogens with zero attached hydrogens (tertiary/aromatic N) is 3. The fraction of sp³-hybridized carbons (Fsp3) is 0.288. The Hall–Kier alpha value is -5.57. The summed E-state index contributed by atoms with van der Waals surface area (Å²) in [6.45, 7) is 23.1. The third-order valence-electron chi connectivity index (χ3n) is 11.9. The van der Waals surface area contributed by atoms with E-state index >= 15 is 0 Å². The summed E-state index contributed by atoms with van der Waals surface area (Å²) in [6, 6.07) is 32.8. The van der Waals surface area contributed by atoms with Crippen LogP contribution < -0.4 is 0 Å². The topological polar surface area (TPSA) is 50.9 Å². The van der Waals surface area contributed by atoms with Crippen LogP contribution >= 0.6 is 0 Å². The number of phenolic OH excluding ortho intramolecular Hbond substituents is 1. The number of para-hydroxylation sites is 1. The molecule has 0 aliphatic rings. The average Bonchev–Trinajstić information content (AvgIpc) is 3.68. The number of hydrogen-bond donors (Lipinski definition) is 1. The summed E-state index contributed by atoms with van der Waals surface area (Å²) in [4.78, 5) is 10.3. The molecule has 0 fully saturated rings. The second-order valence-electron chi connectivity index (χ2n) is 20.8. The molecule has 0 atom stereocenters. The van der Waals surface area contributed by atoms with Gasteiger partial charge in [-0.2, -0.15) is 0 Å². The summed E-state index contributed by atoms with van der Waals surface area (Å²) < 4.78 is 69.8. The molecule has 0 aliphatic carbocycles. The molecule has 0 saturated carbocycles. The van der Waals surface area contributed by atoms with E-state index in [-0.39, 0.29) is 66.3 Å². The largest absolute Gasteiger partial charge is 0.507 e. The van der Waals surface area contributed by atoms with Crippen molar-refractivity contribution in [2.24, 2.45) is 0 Å². The zero-order valence-corrected chi connectivity index (χ0v) is 41.2. The number of pyridine rings is 1. The first kappa shape index (κ1) is 36.7. The molecule has 0 unspecified atom stereocenters. The summed E-state index contributed by atoms with van der Waals surface area (Å²) in [6.07, 6.45) is 1.58. The first-order valence-corrected chi connectivity index (χ1v) is 21.6. The Kier molecular flexibility index (Phi) is 9.81. The molecule has 6 aromatic carbocycles. The number of phenols is 1. The van der Waals surface area contributed by atoms with Crippen molar-refractivity contribution >= 4 is 11.0 Å². The third-order valence-corrected chi connectivity index (χ3v) is 11.9. The van der Waals surface area contributed by atoms with Gasteiger partial charge in [-0.05, 0) is 86.7 Å². The van der Waals surface area contributed by atoms with Crippen LogP contribution in [0.5, 0.6) is 5.75 Å². The molecule has 64 heavy (non-hydrogen) atoms. The van der Waals surface area contributed by atoms with E-state index in [1.54, 1.807) is 30.5 Å². The van der Waals surface area contributed by atoms with Crippen molar-refractivity contribution in [3.8, 4) is 67.5 Å². The van der Waals surface area contributed by atoms with E-state index in [9.17, 15) is 5.11 Å². The number of hydrogen-bond acceptors (Lipinski definition) is 3. The average molecular weight is 1030 g/mol. The molecule has 0 spiro atoms. The summed E-state index contributed by atoms with van der Waals surface area (Å²) in [7, 11) is 0. The SMILES string of the molecule is [2H]c1c([2H])c([2H])c(-c2ccnc(-c3[c-]c(-c4cccc5c4nc(-c4cc(C(C)(C)C)cc(C(C)(C)C)c4O)n5-c4ccc(C([2H])([2H])[2H])cc4-c4ccc(C(C)(C)C)cc4)cc(C(C)(C)C)c3)c2)c([2H])c1[2H].[Pt]. The Bertz CT molecular complexity index is 3370. The Morgan fingerprint density at radius 3 is 1.89 bits per heavy atom. The molecule has 8 rings (SSSR count). The fourth-order valence-electron chi connectivity index (χ4n) is 8.08. The van der Waals surface area contributed by atoms with Crippen molar-refractivity contribution in [1.82, 2.24) is 14.5 Å². The van der Waals surface area contributed by atoms with Crippen molar-refractivity contribution < 1.29 is 37.1 Å². The minimum atomic E-state index is -2.39. The van der Waals surface area contributed by atoms with Crippen molar-refractivity contribution in [3.05, 3.63) is 167 Å². The molecule has 1 N–H and O–H groups in total. The van der Waals surface area contributed by atoms with E-state index in [1.807, 2.05) is 53.1 Å². The third kappa shape index (κ3) is 9.18. The van der Waals surface area contributed by atoms with Gasteiger partial charge in [0.25, 0.3) is 0 Å². The Morgan fingerprint density at radius 2 is 1.25 bits per heavy atom. The Morgan fingerprint density at radius 1 is 0.594 bits per heavy atom. The molecule has 0 aliphatic heterocycles. The predicted molar refractivity (Wildman–Crippen MR) is 266 cm³/mol. The molecule has 0 bridgehead atoms. The number of aromatic nitrogens is 3. The normalized spacial score (nSPS) is 14.4. The molecule has 330 valence electrons. The maximum atomic E-state index is 12.6. The molecular weight excluding hydrogens is 962 g/mol. The molecule has 4 nitrogen and oxygen atoms in total. The van der Waals surface area contributed by atoms with Gasteiger partial charge in [0, 0.05) is 48.2 Å². The van der Waals surface area contributed by atoms with E-state index in [2.05, 4.69) is 113 Å². The molecule has 0 radical (unpaired) electrons. The van der Waals surface area contributed by atoms with Crippen LogP contribution in [0.3, 0.4) is 0 Å². The molecule has 2 heterocycles. The fourth-order valence-corrected chi connectivity index (χ4v) is 8.08. The summed E-state index contributed by atoms with van der Waals surface area (Å²) >= 11 is 0. The van der Waals surface area contributed by atoms with Crippen LogP contribution in [0.15, 0.2) is 133 Å². The number of fused-ring (bicyclic) bond motifs is 1. The van der Waals surface area contributed by atoms with Crippen molar-refractivity contribution in [2.45, 2.75) is 112 Å². The van der Waals surface area contributed by atoms with Crippen LogP contribution in [0.25, 0.3) is 72.7 Å². The quantitative estimate of drug-likeness (QED) is 0.169. The molecule has 2 aromatic heterocycles.